The zero-order valence-electron chi connectivity index (χ0n) is 18.5. The lowest BCUT2D eigenvalue weighted by Gasteiger charge is -2.30. The molecule has 0 amide bonds. The van der Waals surface area contributed by atoms with Crippen molar-refractivity contribution in [2.45, 2.75) is 18.4 Å². The Labute approximate surface area is 204 Å². The fourth-order valence-electron chi connectivity index (χ4n) is 3.73. The highest BCUT2D eigenvalue weighted by Gasteiger charge is 2.37. The van der Waals surface area contributed by atoms with Crippen LogP contribution in [0, 0.1) is 0 Å². The monoisotopic (exact) mass is 507 g/mol. The largest absolute Gasteiger partial charge is 0.480 e. The van der Waals surface area contributed by atoms with Crippen LogP contribution in [0.4, 0.5) is 8.78 Å². The van der Waals surface area contributed by atoms with E-state index in [2.05, 4.69) is 9.97 Å². The first kappa shape index (κ1) is 24.2. The summed E-state index contributed by atoms with van der Waals surface area (Å²) in [5, 5.41) is 13.0. The van der Waals surface area contributed by atoms with E-state index in [1.807, 2.05) is 0 Å². The van der Waals surface area contributed by atoms with Gasteiger partial charge in [-0.1, -0.05) is 41.4 Å². The van der Waals surface area contributed by atoms with Crippen molar-refractivity contribution in [1.29, 1.82) is 0 Å². The summed E-state index contributed by atoms with van der Waals surface area (Å²) in [5.74, 6) is -3.21. The number of hydrogen-bond acceptors (Lipinski definition) is 5. The van der Waals surface area contributed by atoms with Crippen molar-refractivity contribution in [3.05, 3.63) is 81.9 Å². The first-order valence-electron chi connectivity index (χ1n) is 10.2. The van der Waals surface area contributed by atoms with Crippen molar-refractivity contribution >= 4 is 34.1 Å². The van der Waals surface area contributed by atoms with Crippen LogP contribution in [0.15, 0.2) is 55.0 Å². The van der Waals surface area contributed by atoms with E-state index < -0.39 is 18.1 Å². The van der Waals surface area contributed by atoms with Crippen LogP contribution in [-0.2, 0) is 12.6 Å². The molecule has 0 aliphatic heterocycles. The molecule has 2 aromatic carbocycles. The number of rotatable bonds is 7. The summed E-state index contributed by atoms with van der Waals surface area (Å²) in [5.41, 5.74) is 0.287. The van der Waals surface area contributed by atoms with Crippen molar-refractivity contribution in [2.24, 2.45) is 7.05 Å². The van der Waals surface area contributed by atoms with E-state index in [9.17, 15) is 13.9 Å². The molecule has 1 unspecified atom stereocenters. The molecule has 2 aromatic heterocycles. The second-order valence-corrected chi connectivity index (χ2v) is 8.78. The SMILES string of the molecule is COc1nc2ccc(C(O)(c3ccc(Cl)cc3)c3cncn3C)cc2c(Cl)c1OCC(C)(F)F. The maximum atomic E-state index is 13.4. The Bertz CT molecular complexity index is 1340. The molecule has 0 radical (unpaired) electrons. The molecule has 0 saturated carbocycles. The molecule has 0 fully saturated rings. The second-order valence-electron chi connectivity index (χ2n) is 7.96. The average Bonchev–Trinajstić information content (AvgIpc) is 3.23. The van der Waals surface area contributed by atoms with Crippen LogP contribution >= 0.6 is 23.2 Å². The summed E-state index contributed by atoms with van der Waals surface area (Å²) >= 11 is 12.7. The van der Waals surface area contributed by atoms with E-state index in [4.69, 9.17) is 32.7 Å². The third-order valence-corrected chi connectivity index (χ3v) is 6.01. The van der Waals surface area contributed by atoms with Crippen LogP contribution in [0.1, 0.15) is 23.7 Å². The smallest absolute Gasteiger partial charge is 0.278 e. The van der Waals surface area contributed by atoms with Crippen molar-refractivity contribution in [2.75, 3.05) is 13.7 Å². The van der Waals surface area contributed by atoms with Crippen LogP contribution in [0.5, 0.6) is 11.6 Å². The Morgan fingerprint density at radius 1 is 1.09 bits per heavy atom. The third-order valence-electron chi connectivity index (χ3n) is 5.38. The highest BCUT2D eigenvalue weighted by Crippen LogP contribution is 2.43. The number of aryl methyl sites for hydroxylation is 1. The number of aliphatic hydroxyl groups is 1. The Hall–Kier alpha value is -2.94. The number of benzene rings is 2. The van der Waals surface area contributed by atoms with Crippen molar-refractivity contribution in [1.82, 2.24) is 14.5 Å². The number of aromatic nitrogens is 3. The zero-order valence-corrected chi connectivity index (χ0v) is 20.0. The molecule has 34 heavy (non-hydrogen) atoms. The molecule has 0 bridgehead atoms. The van der Waals surface area contributed by atoms with Gasteiger partial charge >= 0.3 is 0 Å². The molecule has 2 heterocycles. The van der Waals surface area contributed by atoms with Crippen LogP contribution in [0.25, 0.3) is 10.9 Å². The first-order valence-corrected chi connectivity index (χ1v) is 10.9. The molecule has 1 atom stereocenters. The topological polar surface area (TPSA) is 69.4 Å². The molecule has 10 heteroatoms. The van der Waals surface area contributed by atoms with E-state index in [0.717, 1.165) is 6.92 Å². The molecule has 0 spiro atoms. The molecule has 0 aliphatic carbocycles. The van der Waals surface area contributed by atoms with Gasteiger partial charge in [0.1, 0.15) is 0 Å². The van der Waals surface area contributed by atoms with Crippen molar-refractivity contribution in [3.63, 3.8) is 0 Å². The number of ether oxygens (including phenoxy) is 2. The summed E-state index contributed by atoms with van der Waals surface area (Å²) in [6.45, 7) is -0.167. The quantitative estimate of drug-likeness (QED) is 0.352. The summed E-state index contributed by atoms with van der Waals surface area (Å²) in [7, 11) is 3.11. The summed E-state index contributed by atoms with van der Waals surface area (Å²) in [6, 6.07) is 11.8. The van der Waals surface area contributed by atoms with E-state index in [1.54, 1.807) is 66.6 Å². The average molecular weight is 508 g/mol. The van der Waals surface area contributed by atoms with Gasteiger partial charge in [0.25, 0.3) is 11.8 Å². The Morgan fingerprint density at radius 3 is 2.35 bits per heavy atom. The van der Waals surface area contributed by atoms with E-state index in [-0.39, 0.29) is 16.7 Å². The number of alkyl halides is 2. The predicted octanol–water partition coefficient (Wildman–Crippen LogP) is 5.60. The number of imidazole rings is 1. The first-order chi connectivity index (χ1) is 16.0. The van der Waals surface area contributed by atoms with E-state index >= 15 is 0 Å². The molecule has 1 N–H and O–H groups in total. The van der Waals surface area contributed by atoms with Gasteiger partial charge in [-0.3, -0.25) is 0 Å². The van der Waals surface area contributed by atoms with Crippen molar-refractivity contribution in [3.8, 4) is 11.6 Å². The fraction of sp³-hybridized carbons (Fsp3) is 0.250. The lowest BCUT2D eigenvalue weighted by molar-refractivity contribution is -0.0235. The maximum absolute atomic E-state index is 13.4. The lowest BCUT2D eigenvalue weighted by atomic mass is 9.83. The van der Waals surface area contributed by atoms with Gasteiger partial charge < -0.3 is 19.1 Å². The molecule has 178 valence electrons. The Morgan fingerprint density at radius 2 is 1.76 bits per heavy atom. The minimum Gasteiger partial charge on any atom is -0.480 e. The van der Waals surface area contributed by atoms with Crippen LogP contribution in [0.2, 0.25) is 10.0 Å². The fourth-order valence-corrected chi connectivity index (χ4v) is 4.15. The number of halogens is 4. The third kappa shape index (κ3) is 4.41. The highest BCUT2D eigenvalue weighted by atomic mass is 35.5. The standard InChI is InChI=1S/C24H21Cl2F2N3O3/c1-23(27,28)12-34-21-20(26)17-10-15(6-9-18(17)30-22(21)33-3)24(32,19-11-29-13-31(19)2)14-4-7-16(25)8-5-14/h4-11,13,32H,12H2,1-3H3. The van der Waals surface area contributed by atoms with Gasteiger partial charge in [0.2, 0.25) is 5.75 Å². The number of hydrogen-bond donors (Lipinski definition) is 1. The van der Waals surface area contributed by atoms with Gasteiger partial charge in [0.05, 0.1) is 35.9 Å². The number of pyridine rings is 1. The normalized spacial score (nSPS) is 13.6. The van der Waals surface area contributed by atoms with Gasteiger partial charge in [-0.25, -0.2) is 18.7 Å². The lowest BCUT2D eigenvalue weighted by Crippen LogP contribution is -2.31. The van der Waals surface area contributed by atoms with Crippen LogP contribution in [-0.4, -0.2) is 39.3 Å². The number of methoxy groups -OCH3 is 1. The second kappa shape index (κ2) is 9.02. The van der Waals surface area contributed by atoms with Crippen LogP contribution in [0.3, 0.4) is 0 Å². The molecule has 4 aromatic rings. The Kier molecular flexibility index (Phi) is 6.42. The Balaban J connectivity index is 1.93. The molecule has 0 aliphatic rings. The van der Waals surface area contributed by atoms with Gasteiger partial charge in [-0.05, 0) is 35.4 Å². The van der Waals surface area contributed by atoms with E-state index in [1.165, 1.54) is 7.11 Å². The highest BCUT2D eigenvalue weighted by molar-refractivity contribution is 6.37. The maximum Gasteiger partial charge on any atom is 0.278 e. The molecule has 0 saturated heterocycles. The summed E-state index contributed by atoms with van der Waals surface area (Å²) in [6.07, 6.45) is 3.14. The van der Waals surface area contributed by atoms with E-state index in [0.29, 0.717) is 32.7 Å². The molecule has 6 nitrogen and oxygen atoms in total. The number of fused-ring (bicyclic) bond motifs is 1. The predicted molar refractivity (Wildman–Crippen MR) is 126 cm³/mol. The summed E-state index contributed by atoms with van der Waals surface area (Å²) < 4.78 is 39.1. The minimum atomic E-state index is -3.08. The minimum absolute atomic E-state index is 0.0194. The molecule has 4 rings (SSSR count). The summed E-state index contributed by atoms with van der Waals surface area (Å²) in [4.78, 5) is 8.50. The van der Waals surface area contributed by atoms with Gasteiger partial charge in [0.15, 0.2) is 12.2 Å². The van der Waals surface area contributed by atoms with Gasteiger partial charge in [0, 0.05) is 24.4 Å². The van der Waals surface area contributed by atoms with Crippen molar-refractivity contribution < 1.29 is 23.4 Å². The zero-order chi connectivity index (χ0) is 24.7. The van der Waals surface area contributed by atoms with Gasteiger partial charge in [-0.2, -0.15) is 0 Å². The van der Waals surface area contributed by atoms with Crippen LogP contribution < -0.4 is 9.47 Å². The number of nitrogens with zero attached hydrogens (tertiary/aromatic N) is 3. The molecular weight excluding hydrogens is 487 g/mol. The molecular formula is C24H21Cl2F2N3O3. The van der Waals surface area contributed by atoms with Gasteiger partial charge in [-0.15, -0.1) is 0 Å².